The molecule has 2 aliphatic rings. The first-order valence-electron chi connectivity index (χ1n) is 8.65. The lowest BCUT2D eigenvalue weighted by atomic mass is 10.1. The molecule has 2 aromatic carbocycles. The zero-order valence-electron chi connectivity index (χ0n) is 14.5. The van der Waals surface area contributed by atoms with E-state index in [1.165, 1.54) is 0 Å². The van der Waals surface area contributed by atoms with Gasteiger partial charge in [-0.3, -0.25) is 4.99 Å². The highest BCUT2D eigenvalue weighted by molar-refractivity contribution is 8.14. The summed E-state index contributed by atoms with van der Waals surface area (Å²) < 4.78 is 29.9. The fourth-order valence-electron chi connectivity index (χ4n) is 3.35. The monoisotopic (exact) mass is 422 g/mol. The third kappa shape index (κ3) is 4.25. The summed E-state index contributed by atoms with van der Waals surface area (Å²) in [6.07, 6.45) is 0. The van der Waals surface area contributed by atoms with Crippen molar-refractivity contribution in [2.75, 3.05) is 28.8 Å². The van der Waals surface area contributed by atoms with Crippen molar-refractivity contribution in [1.29, 1.82) is 0 Å². The van der Waals surface area contributed by atoms with E-state index in [9.17, 15) is 8.42 Å². The number of halogens is 1. The summed E-state index contributed by atoms with van der Waals surface area (Å²) in [5.74, 6) is 1.81. The number of amidine groups is 1. The van der Waals surface area contributed by atoms with Crippen molar-refractivity contribution in [3.63, 3.8) is 0 Å². The fraction of sp³-hybridized carbons (Fsp3) is 0.316. The van der Waals surface area contributed by atoms with Gasteiger partial charge in [0.2, 0.25) is 0 Å². The average molecular weight is 423 g/mol. The van der Waals surface area contributed by atoms with Crippen molar-refractivity contribution in [1.82, 2.24) is 0 Å². The van der Waals surface area contributed by atoms with E-state index in [0.29, 0.717) is 11.6 Å². The van der Waals surface area contributed by atoms with Crippen LogP contribution in [-0.4, -0.2) is 49.5 Å². The molecule has 1 fully saturated rings. The van der Waals surface area contributed by atoms with Crippen LogP contribution < -0.4 is 9.64 Å². The molecule has 0 amide bonds. The minimum absolute atomic E-state index is 0.117. The van der Waals surface area contributed by atoms with Crippen LogP contribution >= 0.6 is 23.4 Å². The van der Waals surface area contributed by atoms with Crippen molar-refractivity contribution in [2.45, 2.75) is 12.1 Å². The van der Waals surface area contributed by atoms with E-state index in [0.717, 1.165) is 22.4 Å². The summed E-state index contributed by atoms with van der Waals surface area (Å²) in [5, 5.41) is 1.50. The lowest BCUT2D eigenvalue weighted by molar-refractivity contribution is 0.344. The molecule has 27 heavy (non-hydrogen) atoms. The van der Waals surface area contributed by atoms with Crippen LogP contribution in [0.15, 0.2) is 59.6 Å². The Balaban J connectivity index is 1.46. The number of ether oxygens (including phenoxy) is 1. The van der Waals surface area contributed by atoms with Crippen LogP contribution in [-0.2, 0) is 9.84 Å². The zero-order chi connectivity index (χ0) is 18.9. The van der Waals surface area contributed by atoms with Crippen LogP contribution in [0.25, 0.3) is 0 Å². The summed E-state index contributed by atoms with van der Waals surface area (Å²) in [4.78, 5) is 6.75. The van der Waals surface area contributed by atoms with Crippen LogP contribution in [0.2, 0.25) is 5.02 Å². The third-order valence-electron chi connectivity index (χ3n) is 4.54. The lowest BCUT2D eigenvalue weighted by Gasteiger charge is -2.26. The van der Waals surface area contributed by atoms with Gasteiger partial charge >= 0.3 is 0 Å². The third-order valence-corrected chi connectivity index (χ3v) is 7.42. The van der Waals surface area contributed by atoms with Crippen LogP contribution in [0.1, 0.15) is 0 Å². The van der Waals surface area contributed by atoms with E-state index in [-0.39, 0.29) is 23.6 Å². The van der Waals surface area contributed by atoms with Gasteiger partial charge < -0.3 is 9.64 Å². The second-order valence-corrected chi connectivity index (χ2v) is 10.1. The van der Waals surface area contributed by atoms with E-state index in [1.54, 1.807) is 11.8 Å². The first kappa shape index (κ1) is 18.7. The Hall–Kier alpha value is -1.70. The number of thioether (sulfide) groups is 1. The van der Waals surface area contributed by atoms with Crippen molar-refractivity contribution in [3.8, 4) is 5.75 Å². The van der Waals surface area contributed by atoms with Crippen molar-refractivity contribution in [2.24, 2.45) is 4.99 Å². The smallest absolute Gasteiger partial charge is 0.164 e. The van der Waals surface area contributed by atoms with Gasteiger partial charge in [-0.2, -0.15) is 0 Å². The van der Waals surface area contributed by atoms with Crippen molar-refractivity contribution in [3.05, 3.63) is 59.6 Å². The molecular formula is C19H19ClN2O3S2. The molecule has 0 unspecified atom stereocenters. The van der Waals surface area contributed by atoms with Gasteiger partial charge in [-0.25, -0.2) is 8.42 Å². The number of hydrogen-bond donors (Lipinski definition) is 0. The van der Waals surface area contributed by atoms with Gasteiger partial charge in [-0.05, 0) is 36.4 Å². The number of nitrogens with zero attached hydrogens (tertiary/aromatic N) is 2. The highest BCUT2D eigenvalue weighted by atomic mass is 35.5. The van der Waals surface area contributed by atoms with Crippen molar-refractivity contribution >= 4 is 44.1 Å². The van der Waals surface area contributed by atoms with Crippen LogP contribution in [0, 0.1) is 0 Å². The normalized spacial score (nSPS) is 23.1. The Morgan fingerprint density at radius 3 is 2.59 bits per heavy atom. The first-order valence-corrected chi connectivity index (χ1v) is 11.8. The maximum atomic E-state index is 12.1. The van der Waals surface area contributed by atoms with Crippen LogP contribution in [0.4, 0.5) is 5.69 Å². The predicted molar refractivity (Wildman–Crippen MR) is 112 cm³/mol. The van der Waals surface area contributed by atoms with Gasteiger partial charge in [0.25, 0.3) is 0 Å². The largest absolute Gasteiger partial charge is 0.493 e. The number of hydrogen-bond acceptors (Lipinski definition) is 6. The summed E-state index contributed by atoms with van der Waals surface area (Å²) in [7, 11) is -3.05. The van der Waals surface area contributed by atoms with Gasteiger partial charge in [0.1, 0.15) is 5.75 Å². The molecule has 0 bridgehead atoms. The minimum Gasteiger partial charge on any atom is -0.493 e. The Labute approximate surface area is 168 Å². The molecule has 2 atom stereocenters. The van der Waals surface area contributed by atoms with E-state index in [4.69, 9.17) is 21.3 Å². The molecule has 2 heterocycles. The Morgan fingerprint density at radius 2 is 1.85 bits per heavy atom. The fourth-order valence-corrected chi connectivity index (χ4v) is 6.26. The second kappa shape index (κ2) is 7.73. The van der Waals surface area contributed by atoms with E-state index >= 15 is 0 Å². The molecule has 2 aromatic rings. The molecule has 0 spiro atoms. The molecule has 1 saturated heterocycles. The number of aliphatic imine (C=N–C) groups is 1. The molecule has 142 valence electrons. The molecule has 8 heteroatoms. The number of sulfone groups is 1. The Morgan fingerprint density at radius 1 is 1.11 bits per heavy atom. The molecule has 0 N–H and O–H groups in total. The van der Waals surface area contributed by atoms with Gasteiger partial charge in [0.15, 0.2) is 15.0 Å². The maximum absolute atomic E-state index is 12.1. The second-order valence-electron chi connectivity index (χ2n) is 6.48. The number of fused-ring (bicyclic) bond motifs is 1. The molecule has 4 rings (SSSR count). The van der Waals surface area contributed by atoms with Crippen LogP contribution in [0.5, 0.6) is 5.75 Å². The average Bonchev–Trinajstić information content (AvgIpc) is 3.11. The molecule has 2 aliphatic heterocycles. The summed E-state index contributed by atoms with van der Waals surface area (Å²) >= 11 is 7.60. The SMILES string of the molecule is O=S1(=O)C[C@@H]2N=C(SCCOc3ccccc3)N(c3ccc(Cl)cc3)[C@@H]2C1. The van der Waals surface area contributed by atoms with E-state index < -0.39 is 9.84 Å². The summed E-state index contributed by atoms with van der Waals surface area (Å²) in [5.41, 5.74) is 0.916. The van der Waals surface area contributed by atoms with Gasteiger partial charge in [-0.15, -0.1) is 0 Å². The van der Waals surface area contributed by atoms with Gasteiger partial charge in [0.05, 0.1) is 30.2 Å². The minimum atomic E-state index is -3.05. The Bertz CT molecular complexity index is 933. The first-order chi connectivity index (χ1) is 13.0. The Kier molecular flexibility index (Phi) is 5.34. The highest BCUT2D eigenvalue weighted by Crippen LogP contribution is 2.35. The molecule has 5 nitrogen and oxygen atoms in total. The molecule has 0 radical (unpaired) electrons. The maximum Gasteiger partial charge on any atom is 0.164 e. The predicted octanol–water partition coefficient (Wildman–Crippen LogP) is 3.49. The standard InChI is InChI=1S/C19H19ClN2O3S2/c20-14-6-8-15(9-7-14)22-18-13-27(23,24)12-17(18)21-19(22)26-11-10-25-16-4-2-1-3-5-16/h1-9,17-18H,10-13H2/t17-,18+/m0/s1. The number of para-hydroxylation sites is 1. The van der Waals surface area contributed by atoms with Crippen LogP contribution in [0.3, 0.4) is 0 Å². The zero-order valence-corrected chi connectivity index (χ0v) is 16.9. The molecular weight excluding hydrogens is 404 g/mol. The van der Waals surface area contributed by atoms with Gasteiger partial charge in [0, 0.05) is 16.5 Å². The summed E-state index contributed by atoms with van der Waals surface area (Å²) in [6, 6.07) is 16.8. The molecule has 0 saturated carbocycles. The molecule has 0 aromatic heterocycles. The van der Waals surface area contributed by atoms with Gasteiger partial charge in [-0.1, -0.05) is 41.6 Å². The van der Waals surface area contributed by atoms with E-state index in [2.05, 4.69) is 0 Å². The van der Waals surface area contributed by atoms with Crippen molar-refractivity contribution < 1.29 is 13.2 Å². The quantitative estimate of drug-likeness (QED) is 0.690. The number of rotatable bonds is 5. The summed E-state index contributed by atoms with van der Waals surface area (Å²) in [6.45, 7) is 0.551. The number of benzene rings is 2. The lowest BCUT2D eigenvalue weighted by Crippen LogP contribution is -2.39. The highest BCUT2D eigenvalue weighted by Gasteiger charge is 2.47. The van der Waals surface area contributed by atoms with E-state index in [1.807, 2.05) is 59.5 Å². The molecule has 0 aliphatic carbocycles. The topological polar surface area (TPSA) is 59.0 Å². The number of anilines is 1.